The number of nitrogens with one attached hydrogen (secondary N) is 2. The lowest BCUT2D eigenvalue weighted by Gasteiger charge is -2.09. The molecule has 0 saturated carbocycles. The molecular weight excluding hydrogens is 306 g/mol. The number of methoxy groups -OCH3 is 1. The summed E-state index contributed by atoms with van der Waals surface area (Å²) in [5.41, 5.74) is 0.920. The van der Waals surface area contributed by atoms with Crippen LogP contribution in [-0.2, 0) is 19.6 Å². The first kappa shape index (κ1) is 16.5. The lowest BCUT2D eigenvalue weighted by atomic mass is 10.4. The molecule has 1 aromatic heterocycles. The fraction of sp³-hybridized carbons (Fsp3) is 0.500. The molecule has 0 unspecified atom stereocenters. The van der Waals surface area contributed by atoms with E-state index in [4.69, 9.17) is 0 Å². The van der Waals surface area contributed by atoms with Crippen LogP contribution < -0.4 is 10.0 Å². The van der Waals surface area contributed by atoms with Crippen molar-refractivity contribution in [2.24, 2.45) is 0 Å². The number of esters is 1. The van der Waals surface area contributed by atoms with Crippen LogP contribution >= 0.6 is 11.3 Å². The fourth-order valence-electron chi connectivity index (χ4n) is 1.26. The molecule has 0 spiro atoms. The summed E-state index contributed by atoms with van der Waals surface area (Å²) in [4.78, 5) is 26.4. The predicted octanol–water partition coefficient (Wildman–Crippen LogP) is -0.267. The molecule has 10 heteroatoms. The fourth-order valence-corrected chi connectivity index (χ4v) is 3.41. The molecule has 2 N–H and O–H groups in total. The first-order valence-electron chi connectivity index (χ1n) is 5.58. The van der Waals surface area contributed by atoms with Crippen LogP contribution in [0.4, 0.5) is 0 Å². The minimum atomic E-state index is -3.99. The zero-order valence-corrected chi connectivity index (χ0v) is 12.8. The Hall–Kier alpha value is -1.52. The first-order valence-corrected chi connectivity index (χ1v) is 7.95. The van der Waals surface area contributed by atoms with Crippen LogP contribution in [-0.4, -0.2) is 45.0 Å². The summed E-state index contributed by atoms with van der Waals surface area (Å²) < 4.78 is 30.3. The third-order valence-electron chi connectivity index (χ3n) is 2.03. The second-order valence-corrected chi connectivity index (χ2v) is 6.84. The van der Waals surface area contributed by atoms with Crippen molar-refractivity contribution in [2.75, 3.05) is 13.7 Å². The zero-order valence-electron chi connectivity index (χ0n) is 11.2. The van der Waals surface area contributed by atoms with Gasteiger partial charge in [0.25, 0.3) is 10.0 Å². The molecular formula is C10H15N3O5S2. The SMILES string of the molecule is COC(=O)c1ncsc1S(=O)(=O)NCC(=O)NC(C)C. The molecule has 20 heavy (non-hydrogen) atoms. The Balaban J connectivity index is 2.82. The summed E-state index contributed by atoms with van der Waals surface area (Å²) in [5, 5.41) is 2.54. The van der Waals surface area contributed by atoms with Gasteiger partial charge in [0.15, 0.2) is 9.90 Å². The number of carbonyl (C=O) groups is 2. The van der Waals surface area contributed by atoms with Crippen molar-refractivity contribution in [1.29, 1.82) is 0 Å². The van der Waals surface area contributed by atoms with Gasteiger partial charge in [-0.1, -0.05) is 0 Å². The average molecular weight is 321 g/mol. The van der Waals surface area contributed by atoms with Gasteiger partial charge >= 0.3 is 5.97 Å². The number of nitrogens with zero attached hydrogens (tertiary/aromatic N) is 1. The quantitative estimate of drug-likeness (QED) is 0.697. The molecule has 1 rings (SSSR count). The second kappa shape index (κ2) is 6.77. The van der Waals surface area contributed by atoms with E-state index in [2.05, 4.69) is 19.8 Å². The molecule has 1 heterocycles. The number of hydrogen-bond donors (Lipinski definition) is 2. The maximum atomic E-state index is 12.0. The van der Waals surface area contributed by atoms with E-state index in [0.29, 0.717) is 0 Å². The molecule has 0 aliphatic heterocycles. The zero-order chi connectivity index (χ0) is 15.3. The molecule has 0 aromatic carbocycles. The van der Waals surface area contributed by atoms with Gasteiger partial charge in [-0.2, -0.15) is 0 Å². The average Bonchev–Trinajstić information content (AvgIpc) is 2.84. The Morgan fingerprint density at radius 2 is 2.10 bits per heavy atom. The molecule has 0 radical (unpaired) electrons. The highest BCUT2D eigenvalue weighted by Gasteiger charge is 2.26. The number of sulfonamides is 1. The van der Waals surface area contributed by atoms with Crippen LogP contribution in [0.3, 0.4) is 0 Å². The number of rotatable bonds is 6. The van der Waals surface area contributed by atoms with Crippen molar-refractivity contribution in [3.63, 3.8) is 0 Å². The monoisotopic (exact) mass is 321 g/mol. The lowest BCUT2D eigenvalue weighted by molar-refractivity contribution is -0.120. The van der Waals surface area contributed by atoms with Crippen LogP contribution in [0.5, 0.6) is 0 Å². The Labute approximate surface area is 120 Å². The Morgan fingerprint density at radius 3 is 2.65 bits per heavy atom. The van der Waals surface area contributed by atoms with Crippen molar-refractivity contribution >= 4 is 33.2 Å². The Bertz CT molecular complexity index is 594. The van der Waals surface area contributed by atoms with Gasteiger partial charge in [0.05, 0.1) is 19.2 Å². The Morgan fingerprint density at radius 1 is 1.45 bits per heavy atom. The smallest absolute Gasteiger partial charge is 0.358 e. The summed E-state index contributed by atoms with van der Waals surface area (Å²) in [6, 6.07) is -0.0963. The van der Waals surface area contributed by atoms with E-state index >= 15 is 0 Å². The van der Waals surface area contributed by atoms with Crippen LogP contribution in [0.15, 0.2) is 9.72 Å². The number of amides is 1. The molecule has 0 atom stereocenters. The summed E-state index contributed by atoms with van der Waals surface area (Å²) in [6.07, 6.45) is 0. The van der Waals surface area contributed by atoms with E-state index < -0.39 is 28.4 Å². The maximum Gasteiger partial charge on any atom is 0.358 e. The van der Waals surface area contributed by atoms with Gasteiger partial charge in [-0.05, 0) is 13.8 Å². The van der Waals surface area contributed by atoms with E-state index in [1.54, 1.807) is 13.8 Å². The molecule has 1 aromatic rings. The number of ether oxygens (including phenoxy) is 1. The largest absolute Gasteiger partial charge is 0.464 e. The van der Waals surface area contributed by atoms with E-state index in [-0.39, 0.29) is 15.9 Å². The Kier molecular flexibility index (Phi) is 5.60. The highest BCUT2D eigenvalue weighted by molar-refractivity contribution is 7.91. The summed E-state index contributed by atoms with van der Waals surface area (Å²) in [6.45, 7) is 3.09. The molecule has 112 valence electrons. The molecule has 0 saturated heterocycles. The third kappa shape index (κ3) is 4.25. The number of carbonyl (C=O) groups excluding carboxylic acids is 2. The highest BCUT2D eigenvalue weighted by atomic mass is 32.2. The van der Waals surface area contributed by atoms with Crippen molar-refractivity contribution in [3.8, 4) is 0 Å². The summed E-state index contributed by atoms with van der Waals surface area (Å²) in [5.74, 6) is -1.31. The number of aromatic nitrogens is 1. The van der Waals surface area contributed by atoms with Gasteiger partial charge in [0.1, 0.15) is 0 Å². The van der Waals surface area contributed by atoms with Gasteiger partial charge < -0.3 is 10.1 Å². The van der Waals surface area contributed by atoms with Crippen molar-refractivity contribution in [3.05, 3.63) is 11.2 Å². The normalized spacial score (nSPS) is 11.4. The van der Waals surface area contributed by atoms with Gasteiger partial charge in [0.2, 0.25) is 5.91 Å². The van der Waals surface area contributed by atoms with E-state index in [9.17, 15) is 18.0 Å². The number of thiazole rings is 1. The minimum absolute atomic E-state index is 0.0963. The molecule has 0 bridgehead atoms. The standard InChI is InChI=1S/C10H15N3O5S2/c1-6(2)13-7(14)4-12-20(16,17)10-8(9(15)18-3)11-5-19-10/h5-6,12H,4H2,1-3H3,(H,13,14). The lowest BCUT2D eigenvalue weighted by Crippen LogP contribution is -2.39. The van der Waals surface area contributed by atoms with E-state index in [1.807, 2.05) is 0 Å². The van der Waals surface area contributed by atoms with E-state index in [1.165, 1.54) is 5.51 Å². The van der Waals surface area contributed by atoms with Crippen molar-refractivity contribution < 1.29 is 22.7 Å². The summed E-state index contributed by atoms with van der Waals surface area (Å²) in [7, 11) is -2.86. The highest BCUT2D eigenvalue weighted by Crippen LogP contribution is 2.20. The molecule has 0 fully saturated rings. The van der Waals surface area contributed by atoms with E-state index in [0.717, 1.165) is 18.4 Å². The van der Waals surface area contributed by atoms with Crippen LogP contribution in [0, 0.1) is 0 Å². The molecule has 1 amide bonds. The number of hydrogen-bond acceptors (Lipinski definition) is 7. The van der Waals surface area contributed by atoms with Gasteiger partial charge in [0, 0.05) is 6.04 Å². The summed E-state index contributed by atoms with van der Waals surface area (Å²) >= 11 is 0.772. The van der Waals surface area contributed by atoms with Gasteiger partial charge in [-0.3, -0.25) is 4.79 Å². The second-order valence-electron chi connectivity index (χ2n) is 4.03. The molecule has 0 aliphatic rings. The maximum absolute atomic E-state index is 12.0. The first-order chi connectivity index (χ1) is 9.27. The third-order valence-corrected chi connectivity index (χ3v) is 4.80. The van der Waals surface area contributed by atoms with Crippen molar-refractivity contribution in [2.45, 2.75) is 24.1 Å². The van der Waals surface area contributed by atoms with Crippen LogP contribution in [0.2, 0.25) is 0 Å². The van der Waals surface area contributed by atoms with Gasteiger partial charge in [-0.15, -0.1) is 11.3 Å². The predicted molar refractivity (Wildman–Crippen MR) is 71.9 cm³/mol. The van der Waals surface area contributed by atoms with Gasteiger partial charge in [-0.25, -0.2) is 22.9 Å². The topological polar surface area (TPSA) is 114 Å². The van der Waals surface area contributed by atoms with Crippen LogP contribution in [0.25, 0.3) is 0 Å². The van der Waals surface area contributed by atoms with Crippen LogP contribution in [0.1, 0.15) is 24.3 Å². The van der Waals surface area contributed by atoms with Crippen molar-refractivity contribution in [1.82, 2.24) is 15.0 Å². The molecule has 8 nitrogen and oxygen atoms in total. The molecule has 0 aliphatic carbocycles. The minimum Gasteiger partial charge on any atom is -0.464 e.